The van der Waals surface area contributed by atoms with Crippen LogP contribution in [0.2, 0.25) is 0 Å². The molecule has 0 unspecified atom stereocenters. The molecule has 0 radical (unpaired) electrons. The number of rotatable bonds is 7. The summed E-state index contributed by atoms with van der Waals surface area (Å²) in [4.78, 5) is 16.3. The van der Waals surface area contributed by atoms with Crippen LogP contribution in [-0.4, -0.2) is 45.2 Å². The van der Waals surface area contributed by atoms with Gasteiger partial charge in [-0.1, -0.05) is 37.0 Å². The zero-order chi connectivity index (χ0) is 18.8. The van der Waals surface area contributed by atoms with E-state index in [9.17, 15) is 4.79 Å². The van der Waals surface area contributed by atoms with Gasteiger partial charge in [-0.05, 0) is 37.8 Å². The average molecular weight is 488 g/mol. The number of carbonyl (C=O) groups excluding carboxylic acids is 1. The molecule has 2 rings (SSSR count). The molecule has 1 aliphatic carbocycles. The molecule has 6 nitrogen and oxygen atoms in total. The van der Waals surface area contributed by atoms with E-state index in [-0.39, 0.29) is 36.4 Å². The minimum atomic E-state index is 0. The lowest BCUT2D eigenvalue weighted by molar-refractivity contribution is -0.120. The number of methoxy groups -OCH3 is 1. The molecular formula is C20H33IN4O2. The third-order valence-corrected chi connectivity index (χ3v) is 4.73. The van der Waals surface area contributed by atoms with Gasteiger partial charge in [-0.3, -0.25) is 9.79 Å². The van der Waals surface area contributed by atoms with Crippen molar-refractivity contribution in [2.45, 2.75) is 51.5 Å². The number of nitrogens with one attached hydrogen (secondary N) is 3. The minimum absolute atomic E-state index is 0. The molecule has 1 aromatic carbocycles. The highest BCUT2D eigenvalue weighted by molar-refractivity contribution is 14.0. The van der Waals surface area contributed by atoms with Gasteiger partial charge in [0.15, 0.2) is 5.96 Å². The monoisotopic (exact) mass is 488 g/mol. The lowest BCUT2D eigenvalue weighted by Gasteiger charge is -2.23. The first-order chi connectivity index (χ1) is 12.6. The molecule has 1 amide bonds. The van der Waals surface area contributed by atoms with Crippen LogP contribution >= 0.6 is 24.0 Å². The van der Waals surface area contributed by atoms with Gasteiger partial charge < -0.3 is 20.7 Å². The number of carbonyl (C=O) groups is 1. The SMILES string of the molecule is CN=C(NCCc1cc(C)ccc1OC)NCC(=O)NC1CCCCC1.I. The molecule has 1 aliphatic rings. The van der Waals surface area contributed by atoms with Gasteiger partial charge in [0.25, 0.3) is 0 Å². The Balaban J connectivity index is 0.00000364. The summed E-state index contributed by atoms with van der Waals surface area (Å²) in [6.07, 6.45) is 6.72. The summed E-state index contributed by atoms with van der Waals surface area (Å²) in [5.41, 5.74) is 2.37. The zero-order valence-corrected chi connectivity index (χ0v) is 19.0. The van der Waals surface area contributed by atoms with Crippen LogP contribution in [-0.2, 0) is 11.2 Å². The molecule has 1 aromatic rings. The van der Waals surface area contributed by atoms with Gasteiger partial charge in [-0.15, -0.1) is 24.0 Å². The normalized spacial score (nSPS) is 14.9. The Labute approximate surface area is 179 Å². The topological polar surface area (TPSA) is 74.8 Å². The van der Waals surface area contributed by atoms with Crippen LogP contribution in [0.4, 0.5) is 0 Å². The maximum Gasteiger partial charge on any atom is 0.239 e. The van der Waals surface area contributed by atoms with Crippen molar-refractivity contribution < 1.29 is 9.53 Å². The number of halogens is 1. The van der Waals surface area contributed by atoms with E-state index >= 15 is 0 Å². The summed E-state index contributed by atoms with van der Waals surface area (Å²) in [7, 11) is 3.40. The number of hydrogen-bond acceptors (Lipinski definition) is 3. The fraction of sp³-hybridized carbons (Fsp3) is 0.600. The van der Waals surface area contributed by atoms with Crippen LogP contribution in [0.5, 0.6) is 5.75 Å². The Kier molecular flexibility index (Phi) is 11.2. The summed E-state index contributed by atoms with van der Waals surface area (Å²) < 4.78 is 5.41. The quantitative estimate of drug-likeness (QED) is 0.314. The summed E-state index contributed by atoms with van der Waals surface area (Å²) >= 11 is 0. The number of aryl methyl sites for hydroxylation is 1. The summed E-state index contributed by atoms with van der Waals surface area (Å²) in [5.74, 6) is 1.56. The van der Waals surface area contributed by atoms with Crippen molar-refractivity contribution in [3.05, 3.63) is 29.3 Å². The van der Waals surface area contributed by atoms with E-state index in [1.165, 1.54) is 24.8 Å². The van der Waals surface area contributed by atoms with Gasteiger partial charge in [0.2, 0.25) is 5.91 Å². The minimum Gasteiger partial charge on any atom is -0.496 e. The van der Waals surface area contributed by atoms with E-state index in [4.69, 9.17) is 4.74 Å². The van der Waals surface area contributed by atoms with Crippen LogP contribution in [0.25, 0.3) is 0 Å². The first-order valence-corrected chi connectivity index (χ1v) is 9.49. The van der Waals surface area contributed by atoms with Gasteiger partial charge in [0.05, 0.1) is 13.7 Å². The van der Waals surface area contributed by atoms with Crippen molar-refractivity contribution in [2.24, 2.45) is 4.99 Å². The lowest BCUT2D eigenvalue weighted by Crippen LogP contribution is -2.46. The van der Waals surface area contributed by atoms with Crippen LogP contribution in [0, 0.1) is 6.92 Å². The number of hydrogen-bond donors (Lipinski definition) is 3. The average Bonchev–Trinajstić information content (AvgIpc) is 2.65. The maximum absolute atomic E-state index is 12.1. The molecule has 7 heteroatoms. The van der Waals surface area contributed by atoms with Crippen LogP contribution in [0.3, 0.4) is 0 Å². The molecule has 152 valence electrons. The third-order valence-electron chi connectivity index (χ3n) is 4.73. The summed E-state index contributed by atoms with van der Waals surface area (Å²) in [5, 5.41) is 9.43. The lowest BCUT2D eigenvalue weighted by atomic mass is 9.95. The second-order valence-corrected chi connectivity index (χ2v) is 6.82. The molecule has 0 atom stereocenters. The molecular weight excluding hydrogens is 455 g/mol. The Morgan fingerprint density at radius 3 is 2.63 bits per heavy atom. The Hall–Kier alpha value is -1.51. The van der Waals surface area contributed by atoms with E-state index in [1.54, 1.807) is 14.2 Å². The number of guanidine groups is 1. The number of ether oxygens (including phenoxy) is 1. The molecule has 1 fully saturated rings. The Morgan fingerprint density at radius 2 is 1.96 bits per heavy atom. The molecule has 0 heterocycles. The Morgan fingerprint density at radius 1 is 1.22 bits per heavy atom. The highest BCUT2D eigenvalue weighted by atomic mass is 127. The number of benzene rings is 1. The van der Waals surface area contributed by atoms with Crippen LogP contribution < -0.4 is 20.7 Å². The Bertz CT molecular complexity index is 616. The first kappa shape index (κ1) is 23.5. The predicted octanol–water partition coefficient (Wildman–Crippen LogP) is 2.78. The fourth-order valence-corrected chi connectivity index (χ4v) is 3.33. The van der Waals surface area contributed by atoms with Gasteiger partial charge in [0, 0.05) is 19.6 Å². The first-order valence-electron chi connectivity index (χ1n) is 9.49. The number of aliphatic imine (C=N–C) groups is 1. The second-order valence-electron chi connectivity index (χ2n) is 6.82. The van der Waals surface area contributed by atoms with Crippen molar-refractivity contribution in [1.82, 2.24) is 16.0 Å². The number of amides is 1. The van der Waals surface area contributed by atoms with Gasteiger partial charge in [0.1, 0.15) is 5.75 Å². The van der Waals surface area contributed by atoms with E-state index in [0.29, 0.717) is 18.5 Å². The fourth-order valence-electron chi connectivity index (χ4n) is 3.33. The predicted molar refractivity (Wildman–Crippen MR) is 121 cm³/mol. The molecule has 1 saturated carbocycles. The molecule has 0 aromatic heterocycles. The van der Waals surface area contributed by atoms with Gasteiger partial charge in [-0.25, -0.2) is 0 Å². The van der Waals surface area contributed by atoms with Crippen molar-refractivity contribution in [1.29, 1.82) is 0 Å². The molecule has 3 N–H and O–H groups in total. The van der Waals surface area contributed by atoms with Gasteiger partial charge in [-0.2, -0.15) is 0 Å². The van der Waals surface area contributed by atoms with Crippen LogP contribution in [0.15, 0.2) is 23.2 Å². The van der Waals surface area contributed by atoms with Gasteiger partial charge >= 0.3 is 0 Å². The molecule has 0 bridgehead atoms. The maximum atomic E-state index is 12.1. The van der Waals surface area contributed by atoms with Crippen LogP contribution in [0.1, 0.15) is 43.2 Å². The largest absolute Gasteiger partial charge is 0.496 e. The molecule has 0 spiro atoms. The van der Waals surface area contributed by atoms with E-state index in [1.807, 2.05) is 12.1 Å². The van der Waals surface area contributed by atoms with E-state index < -0.39 is 0 Å². The van der Waals surface area contributed by atoms with Crippen molar-refractivity contribution in [3.8, 4) is 5.75 Å². The zero-order valence-electron chi connectivity index (χ0n) is 16.6. The number of nitrogens with zero attached hydrogens (tertiary/aromatic N) is 1. The van der Waals surface area contributed by atoms with E-state index in [2.05, 4.69) is 33.9 Å². The standard InChI is InChI=1S/C20H32N4O2.HI/c1-15-9-10-18(26-3)16(13-15)11-12-22-20(21-2)23-14-19(25)24-17-7-5-4-6-8-17;/h9-10,13,17H,4-8,11-12,14H2,1-3H3,(H,24,25)(H2,21,22,23);1H. The summed E-state index contributed by atoms with van der Waals surface area (Å²) in [6.45, 7) is 3.02. The van der Waals surface area contributed by atoms with E-state index in [0.717, 1.165) is 30.6 Å². The smallest absolute Gasteiger partial charge is 0.239 e. The van der Waals surface area contributed by atoms with Crippen molar-refractivity contribution in [3.63, 3.8) is 0 Å². The summed E-state index contributed by atoms with van der Waals surface area (Å²) in [6, 6.07) is 6.50. The molecule has 0 aliphatic heterocycles. The molecule has 0 saturated heterocycles. The second kappa shape index (κ2) is 12.8. The molecule has 27 heavy (non-hydrogen) atoms. The highest BCUT2D eigenvalue weighted by Crippen LogP contribution is 2.19. The van der Waals surface area contributed by atoms with Crippen molar-refractivity contribution >= 4 is 35.8 Å². The third kappa shape index (κ3) is 8.36. The van der Waals surface area contributed by atoms with Crippen molar-refractivity contribution in [2.75, 3.05) is 27.2 Å². The highest BCUT2D eigenvalue weighted by Gasteiger charge is 2.15.